The zero-order valence-electron chi connectivity index (χ0n) is 6.43. The highest BCUT2D eigenvalue weighted by molar-refractivity contribution is 4.79. The molecule has 1 atom stereocenters. The summed E-state index contributed by atoms with van der Waals surface area (Å²) < 4.78 is 0. The van der Waals surface area contributed by atoms with Crippen molar-refractivity contribution in [3.63, 3.8) is 0 Å². The topological polar surface area (TPSA) is 26.0 Å². The van der Waals surface area contributed by atoms with E-state index in [1.165, 1.54) is 19.3 Å². The standard InChI is InChI=1S/C8H17N/c1-6(2)8(9)5-7-3-4-7/h6-8H,3-5,9H2,1-2H3/t8-/m1/s1. The lowest BCUT2D eigenvalue weighted by atomic mass is 10.00. The van der Waals surface area contributed by atoms with Crippen LogP contribution in [0.5, 0.6) is 0 Å². The van der Waals surface area contributed by atoms with Crippen molar-refractivity contribution < 1.29 is 0 Å². The molecule has 1 rings (SSSR count). The van der Waals surface area contributed by atoms with Gasteiger partial charge in [0, 0.05) is 6.04 Å². The SMILES string of the molecule is CC(C)[C@H](N)CC1CC1. The Hall–Kier alpha value is -0.0400. The second kappa shape index (κ2) is 2.70. The van der Waals surface area contributed by atoms with Gasteiger partial charge in [-0.25, -0.2) is 0 Å². The van der Waals surface area contributed by atoms with Crippen molar-refractivity contribution >= 4 is 0 Å². The maximum atomic E-state index is 5.86. The summed E-state index contributed by atoms with van der Waals surface area (Å²) in [7, 11) is 0. The molecule has 1 aliphatic rings. The predicted octanol–water partition coefficient (Wildman–Crippen LogP) is 1.77. The first-order valence-corrected chi connectivity index (χ1v) is 3.95. The molecule has 0 heterocycles. The van der Waals surface area contributed by atoms with Crippen LogP contribution in [-0.4, -0.2) is 6.04 Å². The number of nitrogens with two attached hydrogens (primary N) is 1. The molecule has 0 aromatic heterocycles. The Morgan fingerprint density at radius 1 is 1.44 bits per heavy atom. The van der Waals surface area contributed by atoms with E-state index in [0.717, 1.165) is 5.92 Å². The molecule has 2 N–H and O–H groups in total. The summed E-state index contributed by atoms with van der Waals surface area (Å²) in [5.41, 5.74) is 5.86. The summed E-state index contributed by atoms with van der Waals surface area (Å²) in [5, 5.41) is 0. The molecule has 1 saturated carbocycles. The molecule has 0 aromatic carbocycles. The third-order valence-electron chi connectivity index (χ3n) is 2.16. The fourth-order valence-corrected chi connectivity index (χ4v) is 1.01. The van der Waals surface area contributed by atoms with Gasteiger partial charge in [-0.3, -0.25) is 0 Å². The van der Waals surface area contributed by atoms with Gasteiger partial charge in [-0.15, -0.1) is 0 Å². The smallest absolute Gasteiger partial charge is 0.00645 e. The van der Waals surface area contributed by atoms with Crippen molar-refractivity contribution in [2.24, 2.45) is 17.6 Å². The Morgan fingerprint density at radius 3 is 2.33 bits per heavy atom. The monoisotopic (exact) mass is 127 g/mol. The maximum Gasteiger partial charge on any atom is 0.00645 e. The van der Waals surface area contributed by atoms with E-state index in [1.54, 1.807) is 0 Å². The van der Waals surface area contributed by atoms with E-state index in [-0.39, 0.29) is 0 Å². The van der Waals surface area contributed by atoms with Gasteiger partial charge in [0.15, 0.2) is 0 Å². The average molecular weight is 127 g/mol. The van der Waals surface area contributed by atoms with Crippen LogP contribution in [-0.2, 0) is 0 Å². The predicted molar refractivity (Wildman–Crippen MR) is 40.2 cm³/mol. The highest BCUT2D eigenvalue weighted by Gasteiger charge is 2.24. The first-order chi connectivity index (χ1) is 4.20. The van der Waals surface area contributed by atoms with Gasteiger partial charge in [0.1, 0.15) is 0 Å². The highest BCUT2D eigenvalue weighted by atomic mass is 14.6. The van der Waals surface area contributed by atoms with E-state index in [2.05, 4.69) is 13.8 Å². The third kappa shape index (κ3) is 2.35. The van der Waals surface area contributed by atoms with Gasteiger partial charge in [-0.1, -0.05) is 26.7 Å². The van der Waals surface area contributed by atoms with E-state index in [0.29, 0.717) is 12.0 Å². The second-order valence-electron chi connectivity index (χ2n) is 3.59. The summed E-state index contributed by atoms with van der Waals surface area (Å²) in [6.45, 7) is 4.40. The van der Waals surface area contributed by atoms with E-state index in [9.17, 15) is 0 Å². The second-order valence-corrected chi connectivity index (χ2v) is 3.59. The zero-order chi connectivity index (χ0) is 6.85. The van der Waals surface area contributed by atoms with Crippen LogP contribution in [0.3, 0.4) is 0 Å². The largest absolute Gasteiger partial charge is 0.327 e. The molecule has 0 amide bonds. The first kappa shape index (κ1) is 7.07. The Morgan fingerprint density at radius 2 is 2.00 bits per heavy atom. The first-order valence-electron chi connectivity index (χ1n) is 3.95. The molecule has 0 spiro atoms. The summed E-state index contributed by atoms with van der Waals surface area (Å²) >= 11 is 0. The van der Waals surface area contributed by atoms with Gasteiger partial charge in [0.05, 0.1) is 0 Å². The van der Waals surface area contributed by atoms with Crippen LogP contribution in [0, 0.1) is 11.8 Å². The highest BCUT2D eigenvalue weighted by Crippen LogP contribution is 2.34. The van der Waals surface area contributed by atoms with Crippen molar-refractivity contribution in [2.45, 2.75) is 39.2 Å². The van der Waals surface area contributed by atoms with Crippen molar-refractivity contribution in [3.05, 3.63) is 0 Å². The molecule has 0 radical (unpaired) electrons. The molecule has 1 fully saturated rings. The molecule has 0 unspecified atom stereocenters. The van der Waals surface area contributed by atoms with E-state index in [4.69, 9.17) is 5.73 Å². The Labute approximate surface area is 57.6 Å². The molecule has 9 heavy (non-hydrogen) atoms. The fraction of sp³-hybridized carbons (Fsp3) is 1.00. The van der Waals surface area contributed by atoms with E-state index in [1.807, 2.05) is 0 Å². The number of rotatable bonds is 3. The van der Waals surface area contributed by atoms with E-state index >= 15 is 0 Å². The van der Waals surface area contributed by atoms with Gasteiger partial charge in [0.2, 0.25) is 0 Å². The Bertz CT molecular complexity index is 84.6. The number of hydrogen-bond acceptors (Lipinski definition) is 1. The van der Waals surface area contributed by atoms with Crippen LogP contribution >= 0.6 is 0 Å². The summed E-state index contributed by atoms with van der Waals surface area (Å²) in [5.74, 6) is 1.66. The van der Waals surface area contributed by atoms with Crippen LogP contribution in [0.4, 0.5) is 0 Å². The Balaban J connectivity index is 2.09. The van der Waals surface area contributed by atoms with Crippen molar-refractivity contribution in [1.29, 1.82) is 0 Å². The van der Waals surface area contributed by atoms with Gasteiger partial charge < -0.3 is 5.73 Å². The molecule has 0 bridgehead atoms. The van der Waals surface area contributed by atoms with Crippen LogP contribution in [0.15, 0.2) is 0 Å². The average Bonchev–Trinajstić information content (AvgIpc) is 2.50. The van der Waals surface area contributed by atoms with E-state index < -0.39 is 0 Å². The van der Waals surface area contributed by atoms with Crippen LogP contribution < -0.4 is 5.73 Å². The molecule has 1 heteroatoms. The Kier molecular flexibility index (Phi) is 2.12. The third-order valence-corrected chi connectivity index (χ3v) is 2.16. The minimum atomic E-state index is 0.456. The van der Waals surface area contributed by atoms with Crippen LogP contribution in [0.1, 0.15) is 33.1 Å². The van der Waals surface area contributed by atoms with Crippen LogP contribution in [0.25, 0.3) is 0 Å². The van der Waals surface area contributed by atoms with Gasteiger partial charge in [-0.2, -0.15) is 0 Å². The van der Waals surface area contributed by atoms with Gasteiger partial charge >= 0.3 is 0 Å². The lowest BCUT2D eigenvalue weighted by molar-refractivity contribution is 0.443. The summed E-state index contributed by atoms with van der Waals surface area (Å²) in [6.07, 6.45) is 4.12. The zero-order valence-corrected chi connectivity index (χ0v) is 6.43. The molecular formula is C8H17N. The molecule has 1 nitrogen and oxygen atoms in total. The summed E-state index contributed by atoms with van der Waals surface area (Å²) in [4.78, 5) is 0. The number of hydrogen-bond donors (Lipinski definition) is 1. The normalized spacial score (nSPS) is 22.7. The van der Waals surface area contributed by atoms with Gasteiger partial charge in [-0.05, 0) is 18.3 Å². The van der Waals surface area contributed by atoms with Crippen molar-refractivity contribution in [3.8, 4) is 0 Å². The lowest BCUT2D eigenvalue weighted by Crippen LogP contribution is -2.26. The minimum absolute atomic E-state index is 0.456. The molecule has 1 aliphatic carbocycles. The van der Waals surface area contributed by atoms with Gasteiger partial charge in [0.25, 0.3) is 0 Å². The maximum absolute atomic E-state index is 5.86. The molecular weight excluding hydrogens is 110 g/mol. The van der Waals surface area contributed by atoms with Crippen molar-refractivity contribution in [1.82, 2.24) is 0 Å². The molecule has 0 saturated heterocycles. The lowest BCUT2D eigenvalue weighted by Gasteiger charge is -2.13. The molecule has 54 valence electrons. The molecule has 0 aliphatic heterocycles. The molecule has 0 aromatic rings. The summed E-state index contributed by atoms with van der Waals surface area (Å²) in [6, 6.07) is 0.456. The minimum Gasteiger partial charge on any atom is -0.327 e. The van der Waals surface area contributed by atoms with Crippen LogP contribution in [0.2, 0.25) is 0 Å². The van der Waals surface area contributed by atoms with Crippen molar-refractivity contribution in [2.75, 3.05) is 0 Å². The fourth-order valence-electron chi connectivity index (χ4n) is 1.01. The quantitative estimate of drug-likeness (QED) is 0.614.